The van der Waals surface area contributed by atoms with Crippen LogP contribution in [0, 0.1) is 3.57 Å². The molecule has 0 unspecified atom stereocenters. The number of aryl methyl sites for hydroxylation is 2. The molecule has 3 aromatic rings. The number of phenols is 1. The minimum absolute atomic E-state index is 0.0391. The maximum absolute atomic E-state index is 11.8. The first kappa shape index (κ1) is 27.6. The van der Waals surface area contributed by atoms with E-state index in [9.17, 15) is 9.90 Å². The van der Waals surface area contributed by atoms with Crippen LogP contribution in [0.4, 0.5) is 0 Å². The van der Waals surface area contributed by atoms with E-state index in [-0.39, 0.29) is 11.7 Å². The molecule has 4 N–H and O–H groups in total. The number of imidazole rings is 1. The van der Waals surface area contributed by atoms with E-state index >= 15 is 0 Å². The summed E-state index contributed by atoms with van der Waals surface area (Å²) in [5.41, 5.74) is 8.29. The summed E-state index contributed by atoms with van der Waals surface area (Å²) in [6.45, 7) is 1.72. The second-order valence-corrected chi connectivity index (χ2v) is 10.1. The molecule has 0 bridgehead atoms. The van der Waals surface area contributed by atoms with Gasteiger partial charge in [0.2, 0.25) is 5.91 Å². The third-order valence-corrected chi connectivity index (χ3v) is 7.28. The maximum Gasteiger partial charge on any atom is 0.282 e. The van der Waals surface area contributed by atoms with E-state index in [0.29, 0.717) is 38.9 Å². The molecule has 0 saturated carbocycles. The molecule has 0 aliphatic carbocycles. The van der Waals surface area contributed by atoms with Gasteiger partial charge in [0, 0.05) is 37.7 Å². The highest BCUT2D eigenvalue weighted by Crippen LogP contribution is 2.33. The Balaban J connectivity index is 1.86. The highest BCUT2D eigenvalue weighted by molar-refractivity contribution is 14.1. The van der Waals surface area contributed by atoms with Crippen LogP contribution < -0.4 is 20.4 Å². The van der Waals surface area contributed by atoms with Gasteiger partial charge in [-0.25, -0.2) is 9.13 Å². The van der Waals surface area contributed by atoms with Gasteiger partial charge in [0.15, 0.2) is 22.5 Å². The van der Waals surface area contributed by atoms with Crippen LogP contribution in [-0.2, 0) is 18.4 Å². The van der Waals surface area contributed by atoms with E-state index in [0.717, 1.165) is 48.2 Å². The molecule has 1 aromatic heterocycles. The lowest BCUT2D eigenvalue weighted by Crippen LogP contribution is -2.31. The first-order valence-corrected chi connectivity index (χ1v) is 13.2. The van der Waals surface area contributed by atoms with Crippen LogP contribution in [-0.4, -0.2) is 35.8 Å². The Kier molecular flexibility index (Phi) is 10.1. The Morgan fingerprint density at radius 1 is 1.20 bits per heavy atom. The van der Waals surface area contributed by atoms with Gasteiger partial charge in [-0.05, 0) is 65.6 Å². The number of aromatic hydroxyl groups is 1. The van der Waals surface area contributed by atoms with E-state index < -0.39 is 0 Å². The summed E-state index contributed by atoms with van der Waals surface area (Å²) in [6, 6.07) is 7.46. The number of unbranched alkanes of at least 4 members (excludes halogenated alkanes) is 2. The minimum atomic E-state index is 0.0391. The molecule has 188 valence electrons. The number of nitrogens with one attached hydrogen (secondary N) is 1. The third-order valence-electron chi connectivity index (χ3n) is 5.74. The van der Waals surface area contributed by atoms with Crippen molar-refractivity contribution >= 4 is 74.9 Å². The number of amides is 1. The summed E-state index contributed by atoms with van der Waals surface area (Å²) in [4.78, 5) is 11.8. The van der Waals surface area contributed by atoms with Crippen LogP contribution in [0.2, 0.25) is 10.0 Å². The van der Waals surface area contributed by atoms with Crippen molar-refractivity contribution in [1.82, 2.24) is 9.88 Å². The molecule has 35 heavy (non-hydrogen) atoms. The molecule has 1 amide bonds. The number of hydrogen-bond acceptors (Lipinski definition) is 4. The SMILES string of the molecule is COc1cc(/C=C/c2n(CCCCCC(=O)NCCN)c3cc(Cl)c(Cl)cc3[n+]2C)cc(I)c1O. The number of fused-ring (bicyclic) bond motifs is 1. The molecule has 0 aliphatic heterocycles. The standard InChI is InChI=1S/C25H29Cl2IN4O3/c1-31-20-14-17(26)18(27)15-21(20)32(11-5-3-4-6-23(33)30-10-9-29)24(31)8-7-16-12-19(28)25(34)22(13-16)35-2/h7-8,12-15H,3-6,9-11,29H2,1-2H3,(H,30,33)/p+1. The van der Waals surface area contributed by atoms with Crippen LogP contribution >= 0.6 is 45.8 Å². The van der Waals surface area contributed by atoms with Crippen molar-refractivity contribution < 1.29 is 19.2 Å². The third kappa shape index (κ3) is 6.81. The molecule has 2 aromatic carbocycles. The van der Waals surface area contributed by atoms with Gasteiger partial charge in [0.25, 0.3) is 5.82 Å². The Bertz CT molecular complexity index is 1240. The van der Waals surface area contributed by atoms with Crippen molar-refractivity contribution in [2.45, 2.75) is 32.2 Å². The van der Waals surface area contributed by atoms with Gasteiger partial charge in [-0.1, -0.05) is 23.2 Å². The predicted octanol–water partition coefficient (Wildman–Crippen LogP) is 4.90. The molecule has 0 atom stereocenters. The van der Waals surface area contributed by atoms with Gasteiger partial charge in [0.05, 0.1) is 34.3 Å². The number of phenolic OH excluding ortho intramolecular Hbond substituents is 1. The van der Waals surface area contributed by atoms with Crippen LogP contribution in [0.25, 0.3) is 23.2 Å². The molecule has 0 aliphatic rings. The number of carbonyl (C=O) groups is 1. The lowest BCUT2D eigenvalue weighted by Gasteiger charge is -2.06. The predicted molar refractivity (Wildman–Crippen MR) is 150 cm³/mol. The van der Waals surface area contributed by atoms with Gasteiger partial charge < -0.3 is 20.9 Å². The number of halogens is 3. The summed E-state index contributed by atoms with van der Waals surface area (Å²) in [5, 5.41) is 13.9. The van der Waals surface area contributed by atoms with Crippen molar-refractivity contribution in [3.63, 3.8) is 0 Å². The summed E-state index contributed by atoms with van der Waals surface area (Å²) in [5.74, 6) is 1.57. The van der Waals surface area contributed by atoms with Crippen LogP contribution in [0.5, 0.6) is 11.5 Å². The zero-order valence-corrected chi connectivity index (χ0v) is 23.5. The van der Waals surface area contributed by atoms with Crippen molar-refractivity contribution in [3.8, 4) is 11.5 Å². The molecule has 10 heteroatoms. The number of rotatable bonds is 11. The largest absolute Gasteiger partial charge is 0.504 e. The van der Waals surface area contributed by atoms with Crippen LogP contribution in [0.3, 0.4) is 0 Å². The summed E-state index contributed by atoms with van der Waals surface area (Å²) < 4.78 is 10.3. The minimum Gasteiger partial charge on any atom is -0.504 e. The lowest BCUT2D eigenvalue weighted by molar-refractivity contribution is -0.647. The number of nitrogens with zero attached hydrogens (tertiary/aromatic N) is 2. The fraction of sp³-hybridized carbons (Fsp3) is 0.360. The van der Waals surface area contributed by atoms with Gasteiger partial charge in [-0.3, -0.25) is 4.79 Å². The lowest BCUT2D eigenvalue weighted by atomic mass is 10.1. The fourth-order valence-corrected chi connectivity index (χ4v) is 4.87. The van der Waals surface area contributed by atoms with Crippen LogP contribution in [0.15, 0.2) is 24.3 Å². The maximum atomic E-state index is 11.8. The van der Waals surface area contributed by atoms with E-state index in [1.165, 1.54) is 7.11 Å². The monoisotopic (exact) mass is 631 g/mol. The second-order valence-electron chi connectivity index (χ2n) is 8.16. The first-order valence-electron chi connectivity index (χ1n) is 11.4. The van der Waals surface area contributed by atoms with E-state index in [4.69, 9.17) is 33.7 Å². The zero-order chi connectivity index (χ0) is 25.5. The fourth-order valence-electron chi connectivity index (χ4n) is 3.92. The number of ether oxygens (including phenoxy) is 1. The number of carbonyl (C=O) groups excluding carboxylic acids is 1. The van der Waals surface area contributed by atoms with Crippen molar-refractivity contribution in [2.24, 2.45) is 12.8 Å². The van der Waals surface area contributed by atoms with Gasteiger partial charge in [0.1, 0.15) is 0 Å². The van der Waals surface area contributed by atoms with Gasteiger partial charge in [-0.15, -0.1) is 0 Å². The quantitative estimate of drug-likeness (QED) is 0.160. The molecule has 0 spiro atoms. The molecular formula is C25H30Cl2IN4O3+. The molecule has 7 nitrogen and oxygen atoms in total. The summed E-state index contributed by atoms with van der Waals surface area (Å²) in [7, 11) is 3.53. The molecule has 0 radical (unpaired) electrons. The van der Waals surface area contributed by atoms with Crippen molar-refractivity contribution in [3.05, 3.63) is 49.3 Å². The highest BCUT2D eigenvalue weighted by atomic mass is 127. The summed E-state index contributed by atoms with van der Waals surface area (Å²) >= 11 is 14.8. The normalized spacial score (nSPS) is 11.5. The van der Waals surface area contributed by atoms with Crippen molar-refractivity contribution in [1.29, 1.82) is 0 Å². The smallest absolute Gasteiger partial charge is 0.282 e. The first-order chi connectivity index (χ1) is 16.8. The second kappa shape index (κ2) is 12.8. The van der Waals surface area contributed by atoms with E-state index in [1.54, 1.807) is 6.07 Å². The summed E-state index contributed by atoms with van der Waals surface area (Å²) in [6.07, 6.45) is 7.14. The molecule has 3 rings (SSSR count). The average Bonchev–Trinajstić information content (AvgIpc) is 3.08. The number of hydrogen-bond donors (Lipinski definition) is 3. The van der Waals surface area contributed by atoms with Crippen molar-refractivity contribution in [2.75, 3.05) is 20.2 Å². The molecular weight excluding hydrogens is 602 g/mol. The van der Waals surface area contributed by atoms with Gasteiger partial charge >= 0.3 is 0 Å². The number of aromatic nitrogens is 2. The Morgan fingerprint density at radius 3 is 2.66 bits per heavy atom. The number of nitrogens with two attached hydrogens (primary N) is 1. The van der Waals surface area contributed by atoms with E-state index in [2.05, 4.69) is 37.0 Å². The average molecular weight is 632 g/mol. The molecule has 1 heterocycles. The number of benzene rings is 2. The highest BCUT2D eigenvalue weighted by Gasteiger charge is 2.22. The number of methoxy groups -OCH3 is 1. The zero-order valence-electron chi connectivity index (χ0n) is 19.8. The Labute approximate surface area is 229 Å². The topological polar surface area (TPSA) is 93.4 Å². The molecule has 0 saturated heterocycles. The Morgan fingerprint density at radius 2 is 1.94 bits per heavy atom. The van der Waals surface area contributed by atoms with E-state index in [1.807, 2.05) is 37.4 Å². The van der Waals surface area contributed by atoms with Crippen LogP contribution in [0.1, 0.15) is 37.1 Å². The molecule has 0 fully saturated rings. The van der Waals surface area contributed by atoms with Gasteiger partial charge in [-0.2, -0.15) is 0 Å². The Hall–Kier alpha value is -2.01.